The fourth-order valence-corrected chi connectivity index (χ4v) is 5.81. The molecule has 0 fully saturated rings. The first-order valence-electron chi connectivity index (χ1n) is 9.57. The predicted octanol–water partition coefficient (Wildman–Crippen LogP) is 5.46. The van der Waals surface area contributed by atoms with Crippen LogP contribution in [-0.4, -0.2) is 26.2 Å². The van der Waals surface area contributed by atoms with E-state index in [0.717, 1.165) is 51.4 Å². The normalized spacial score (nSPS) is 15.6. The Bertz CT molecular complexity index is 1150. The third-order valence-corrected chi connectivity index (χ3v) is 7.65. The Kier molecular flexibility index (Phi) is 4.48. The summed E-state index contributed by atoms with van der Waals surface area (Å²) in [6.07, 6.45) is 3.65. The van der Waals surface area contributed by atoms with E-state index in [0.29, 0.717) is 0 Å². The number of rotatable bonds is 4. The van der Waals surface area contributed by atoms with Gasteiger partial charge in [0.2, 0.25) is 0 Å². The molecule has 0 amide bonds. The molecule has 1 aliphatic heterocycles. The molecule has 0 spiro atoms. The van der Waals surface area contributed by atoms with Crippen LogP contribution in [0.5, 0.6) is 0 Å². The molecule has 0 bridgehead atoms. The van der Waals surface area contributed by atoms with Gasteiger partial charge in [-0.1, -0.05) is 44.2 Å². The number of thioether (sulfide) groups is 1. The van der Waals surface area contributed by atoms with Gasteiger partial charge in [-0.15, -0.1) is 11.3 Å². The number of fused-ring (bicyclic) bond motifs is 4. The Morgan fingerprint density at radius 3 is 2.86 bits per heavy atom. The van der Waals surface area contributed by atoms with Crippen LogP contribution in [0.4, 0.5) is 5.82 Å². The molecule has 0 unspecified atom stereocenters. The first-order chi connectivity index (χ1) is 13.6. The Labute approximate surface area is 172 Å². The maximum Gasteiger partial charge on any atom is 0.147 e. The number of thiophene rings is 1. The largest absolute Gasteiger partial charge is 0.368 e. The van der Waals surface area contributed by atoms with E-state index in [4.69, 9.17) is 4.98 Å². The molecule has 4 nitrogen and oxygen atoms in total. The lowest BCUT2D eigenvalue weighted by molar-refractivity contribution is 0.679. The van der Waals surface area contributed by atoms with Crippen LogP contribution >= 0.6 is 23.1 Å². The van der Waals surface area contributed by atoms with E-state index in [1.807, 2.05) is 17.8 Å². The number of anilines is 1. The van der Waals surface area contributed by atoms with Crippen molar-refractivity contribution in [3.8, 4) is 0 Å². The Morgan fingerprint density at radius 1 is 1.14 bits per heavy atom. The minimum Gasteiger partial charge on any atom is -0.368 e. The summed E-state index contributed by atoms with van der Waals surface area (Å²) < 4.78 is 1.36. The molecule has 142 valence electrons. The van der Waals surface area contributed by atoms with Gasteiger partial charge in [0.15, 0.2) is 0 Å². The molecule has 3 aromatic heterocycles. The van der Waals surface area contributed by atoms with E-state index < -0.39 is 0 Å². The minimum atomic E-state index is 0.258. The summed E-state index contributed by atoms with van der Waals surface area (Å²) in [6, 6.07) is 12.8. The molecule has 0 aliphatic carbocycles. The van der Waals surface area contributed by atoms with Crippen LogP contribution in [0.3, 0.4) is 0 Å². The van der Waals surface area contributed by atoms with Crippen molar-refractivity contribution in [2.75, 3.05) is 11.9 Å². The number of aromatic nitrogens is 3. The zero-order valence-electron chi connectivity index (χ0n) is 16.0. The maximum atomic E-state index is 5.03. The minimum absolute atomic E-state index is 0.258. The zero-order chi connectivity index (χ0) is 19.1. The molecular formula is C22H22N4S2. The van der Waals surface area contributed by atoms with Crippen molar-refractivity contribution in [3.63, 3.8) is 0 Å². The highest BCUT2D eigenvalue weighted by atomic mass is 32.2. The fraction of sp³-hybridized carbons (Fsp3) is 0.318. The van der Waals surface area contributed by atoms with Gasteiger partial charge < -0.3 is 5.32 Å². The second kappa shape index (κ2) is 7.01. The molecule has 0 atom stereocenters. The number of nitrogens with zero attached hydrogens (tertiary/aromatic N) is 3. The monoisotopic (exact) mass is 406 g/mol. The van der Waals surface area contributed by atoms with Crippen LogP contribution in [0.25, 0.3) is 20.4 Å². The Morgan fingerprint density at radius 2 is 2.00 bits per heavy atom. The summed E-state index contributed by atoms with van der Waals surface area (Å²) in [5.41, 5.74) is 4.94. The second-order valence-corrected chi connectivity index (χ2v) is 10.5. The topological polar surface area (TPSA) is 50.7 Å². The highest BCUT2D eigenvalue weighted by Crippen LogP contribution is 2.41. The summed E-state index contributed by atoms with van der Waals surface area (Å²) in [7, 11) is 0. The number of pyridine rings is 1. The van der Waals surface area contributed by atoms with Crippen LogP contribution in [0.2, 0.25) is 0 Å². The maximum absolute atomic E-state index is 5.03. The van der Waals surface area contributed by atoms with Gasteiger partial charge in [0.25, 0.3) is 0 Å². The van der Waals surface area contributed by atoms with Crippen LogP contribution in [0.15, 0.2) is 42.7 Å². The quantitative estimate of drug-likeness (QED) is 0.487. The van der Waals surface area contributed by atoms with Crippen LogP contribution < -0.4 is 5.32 Å². The van der Waals surface area contributed by atoms with Gasteiger partial charge in [0.05, 0.1) is 10.2 Å². The van der Waals surface area contributed by atoms with Gasteiger partial charge in [-0.3, -0.25) is 0 Å². The number of hydrogen-bond acceptors (Lipinski definition) is 6. The lowest BCUT2D eigenvalue weighted by Crippen LogP contribution is -2.24. The van der Waals surface area contributed by atoms with E-state index in [9.17, 15) is 0 Å². The summed E-state index contributed by atoms with van der Waals surface area (Å²) >= 11 is 3.71. The fourth-order valence-electron chi connectivity index (χ4n) is 3.68. The van der Waals surface area contributed by atoms with Crippen LogP contribution in [0, 0.1) is 0 Å². The highest BCUT2D eigenvalue weighted by molar-refractivity contribution is 7.99. The molecule has 4 heterocycles. The van der Waals surface area contributed by atoms with Gasteiger partial charge in [0, 0.05) is 34.5 Å². The Balaban J connectivity index is 1.48. The molecule has 4 aromatic rings. The zero-order valence-corrected chi connectivity index (χ0v) is 17.7. The van der Waals surface area contributed by atoms with E-state index >= 15 is 0 Å². The van der Waals surface area contributed by atoms with Gasteiger partial charge in [-0.05, 0) is 23.6 Å². The van der Waals surface area contributed by atoms with E-state index in [1.165, 1.54) is 16.8 Å². The third-order valence-electron chi connectivity index (χ3n) is 5.17. The summed E-state index contributed by atoms with van der Waals surface area (Å²) in [4.78, 5) is 15.2. The second-order valence-electron chi connectivity index (χ2n) is 7.84. The summed E-state index contributed by atoms with van der Waals surface area (Å²) in [5.74, 6) is 1.94. The molecular weight excluding hydrogens is 384 g/mol. The molecule has 0 saturated heterocycles. The summed E-state index contributed by atoms with van der Waals surface area (Å²) in [6.45, 7) is 5.45. The average Bonchev–Trinajstić information content (AvgIpc) is 3.05. The third kappa shape index (κ3) is 3.35. The molecule has 1 aromatic carbocycles. The van der Waals surface area contributed by atoms with Gasteiger partial charge in [-0.2, -0.15) is 11.8 Å². The van der Waals surface area contributed by atoms with Gasteiger partial charge in [0.1, 0.15) is 17.0 Å². The molecule has 28 heavy (non-hydrogen) atoms. The number of hydrogen-bond donors (Lipinski definition) is 1. The summed E-state index contributed by atoms with van der Waals surface area (Å²) in [5, 5.41) is 4.67. The van der Waals surface area contributed by atoms with Crippen molar-refractivity contribution < 1.29 is 0 Å². The number of nitrogens with one attached hydrogen (secondary N) is 1. The smallest absolute Gasteiger partial charge is 0.147 e. The first kappa shape index (κ1) is 17.9. The lowest BCUT2D eigenvalue weighted by Gasteiger charge is -2.29. The Hall–Kier alpha value is -2.18. The molecule has 5 rings (SSSR count). The number of benzene rings is 1. The van der Waals surface area contributed by atoms with E-state index in [2.05, 4.69) is 59.5 Å². The molecule has 1 N–H and O–H groups in total. The molecule has 0 saturated carbocycles. The van der Waals surface area contributed by atoms with E-state index in [1.54, 1.807) is 17.7 Å². The van der Waals surface area contributed by atoms with Gasteiger partial charge in [-0.25, -0.2) is 15.0 Å². The predicted molar refractivity (Wildman–Crippen MR) is 120 cm³/mol. The highest BCUT2D eigenvalue weighted by Gasteiger charge is 2.28. The van der Waals surface area contributed by atoms with Gasteiger partial charge >= 0.3 is 0 Å². The standard InChI is InChI=1S/C22H22N4S2/c1-22(2)11-17-15(12-27-22)10-16-18-19(28-21(16)26-17)20(25-13-24-18)23-9-8-14-6-4-3-5-7-14/h3-7,10,13H,8-9,11-12H2,1-2H3,(H,23,24,25). The molecule has 1 aliphatic rings. The van der Waals surface area contributed by atoms with Crippen LogP contribution in [-0.2, 0) is 18.6 Å². The van der Waals surface area contributed by atoms with Crippen LogP contribution in [0.1, 0.15) is 30.7 Å². The average molecular weight is 407 g/mol. The molecule has 6 heteroatoms. The van der Waals surface area contributed by atoms with Crippen molar-refractivity contribution in [1.29, 1.82) is 0 Å². The lowest BCUT2D eigenvalue weighted by atomic mass is 10.0. The van der Waals surface area contributed by atoms with Crippen molar-refractivity contribution in [2.24, 2.45) is 0 Å². The first-order valence-corrected chi connectivity index (χ1v) is 11.4. The van der Waals surface area contributed by atoms with Crippen molar-refractivity contribution in [1.82, 2.24) is 15.0 Å². The van der Waals surface area contributed by atoms with Crippen molar-refractivity contribution in [3.05, 3.63) is 59.5 Å². The molecule has 0 radical (unpaired) electrons. The SMILES string of the molecule is CC1(C)Cc2nc3sc4c(NCCc5ccccc5)ncnc4c3cc2CS1. The van der Waals surface area contributed by atoms with E-state index in [-0.39, 0.29) is 4.75 Å². The van der Waals surface area contributed by atoms with Crippen molar-refractivity contribution in [2.45, 2.75) is 37.2 Å². The van der Waals surface area contributed by atoms with Crippen molar-refractivity contribution >= 4 is 49.3 Å².